The van der Waals surface area contributed by atoms with Gasteiger partial charge in [0.15, 0.2) is 11.2 Å². The van der Waals surface area contributed by atoms with Gasteiger partial charge in [0, 0.05) is 6.07 Å². The zero-order valence-corrected chi connectivity index (χ0v) is 17.0. The van der Waals surface area contributed by atoms with Crippen LogP contribution in [0.4, 0.5) is 5.13 Å². The first-order valence-corrected chi connectivity index (χ1v) is 10.1. The minimum absolute atomic E-state index is 0.263. The Hall–Kier alpha value is -2.80. The van der Waals surface area contributed by atoms with E-state index in [2.05, 4.69) is 17.2 Å². The molecule has 0 aliphatic heterocycles. The van der Waals surface area contributed by atoms with Gasteiger partial charge in [-0.3, -0.25) is 10.1 Å². The van der Waals surface area contributed by atoms with Crippen molar-refractivity contribution in [1.82, 2.24) is 4.98 Å². The predicted molar refractivity (Wildman–Crippen MR) is 112 cm³/mol. The number of carbonyl (C=O) groups is 1. The normalized spacial score (nSPS) is 11.8. The summed E-state index contributed by atoms with van der Waals surface area (Å²) in [7, 11) is 1.59. The van der Waals surface area contributed by atoms with E-state index in [4.69, 9.17) is 14.2 Å². The largest absolute Gasteiger partial charge is 0.497 e. The van der Waals surface area contributed by atoms with E-state index in [1.54, 1.807) is 26.2 Å². The molecule has 3 rings (SSSR count). The third-order valence-electron chi connectivity index (χ3n) is 4.08. The van der Waals surface area contributed by atoms with Crippen molar-refractivity contribution in [2.24, 2.45) is 0 Å². The van der Waals surface area contributed by atoms with Crippen molar-refractivity contribution in [3.05, 3.63) is 42.5 Å². The zero-order chi connectivity index (χ0) is 19.9. The number of amides is 1. The molecule has 0 saturated heterocycles. The van der Waals surface area contributed by atoms with Gasteiger partial charge in [-0.15, -0.1) is 0 Å². The van der Waals surface area contributed by atoms with E-state index in [1.807, 2.05) is 30.3 Å². The topological polar surface area (TPSA) is 69.7 Å². The molecule has 3 aromatic rings. The summed E-state index contributed by atoms with van der Waals surface area (Å²) in [4.78, 5) is 16.9. The van der Waals surface area contributed by atoms with Crippen molar-refractivity contribution in [1.29, 1.82) is 0 Å². The Morgan fingerprint density at radius 1 is 1.18 bits per heavy atom. The fourth-order valence-corrected chi connectivity index (χ4v) is 3.42. The summed E-state index contributed by atoms with van der Waals surface area (Å²) in [5.41, 5.74) is 0.824. The summed E-state index contributed by atoms with van der Waals surface area (Å²) in [5.74, 6) is 1.80. The van der Waals surface area contributed by atoms with Gasteiger partial charge in [0.2, 0.25) is 0 Å². The highest BCUT2D eigenvalue weighted by Crippen LogP contribution is 2.29. The maximum Gasteiger partial charge on any atom is 0.266 e. The average molecular weight is 401 g/mol. The number of nitrogens with one attached hydrogen (secondary N) is 1. The van der Waals surface area contributed by atoms with Crippen LogP contribution in [0.25, 0.3) is 10.2 Å². The highest BCUT2D eigenvalue weighted by Gasteiger charge is 2.17. The lowest BCUT2D eigenvalue weighted by molar-refractivity contribution is -0.122. The molecule has 0 spiro atoms. The Balaban J connectivity index is 1.63. The fraction of sp³-hybridized carbons (Fsp3) is 0.333. The molecular weight excluding hydrogens is 376 g/mol. The highest BCUT2D eigenvalue weighted by molar-refractivity contribution is 7.22. The SMILES string of the molecule is CCCCOc1ccc2nc(NC(=O)C(C)Oc3cccc(OC)c3)sc2c1. The molecule has 0 saturated carbocycles. The Bertz CT molecular complexity index is 941. The van der Waals surface area contributed by atoms with E-state index in [0.717, 1.165) is 28.8 Å². The number of thiazole rings is 1. The van der Waals surface area contributed by atoms with Crippen molar-refractivity contribution >= 4 is 32.6 Å². The quantitative estimate of drug-likeness (QED) is 0.518. The van der Waals surface area contributed by atoms with E-state index in [0.29, 0.717) is 23.2 Å². The second-order valence-electron chi connectivity index (χ2n) is 6.28. The standard InChI is InChI=1S/C21H24N2O4S/c1-4-5-11-26-16-9-10-18-19(13-16)28-21(22-18)23-20(24)14(2)27-17-8-6-7-15(12-17)25-3/h6-10,12-14H,4-5,11H2,1-3H3,(H,22,23,24). The summed E-state index contributed by atoms with van der Waals surface area (Å²) in [6.07, 6.45) is 1.44. The summed E-state index contributed by atoms with van der Waals surface area (Å²) >= 11 is 1.41. The molecule has 1 unspecified atom stereocenters. The van der Waals surface area contributed by atoms with Gasteiger partial charge in [0.05, 0.1) is 23.9 Å². The van der Waals surface area contributed by atoms with Crippen molar-refractivity contribution in [2.45, 2.75) is 32.8 Å². The van der Waals surface area contributed by atoms with Gasteiger partial charge >= 0.3 is 0 Å². The van der Waals surface area contributed by atoms with Gasteiger partial charge in [-0.2, -0.15) is 0 Å². The molecule has 148 valence electrons. The Morgan fingerprint density at radius 2 is 2.00 bits per heavy atom. The number of unbranched alkanes of at least 4 members (excludes halogenated alkanes) is 1. The zero-order valence-electron chi connectivity index (χ0n) is 16.2. The Labute approximate surface area is 168 Å². The molecule has 0 radical (unpaired) electrons. The molecule has 0 aliphatic carbocycles. The monoisotopic (exact) mass is 400 g/mol. The molecule has 7 heteroatoms. The predicted octanol–water partition coefficient (Wildman–Crippen LogP) is 4.89. The summed E-state index contributed by atoms with van der Waals surface area (Å²) in [5, 5.41) is 3.36. The molecule has 0 fully saturated rings. The maximum atomic E-state index is 12.5. The molecule has 1 N–H and O–H groups in total. The number of methoxy groups -OCH3 is 1. The first-order valence-electron chi connectivity index (χ1n) is 9.24. The van der Waals surface area contributed by atoms with E-state index in [-0.39, 0.29) is 5.91 Å². The number of fused-ring (bicyclic) bond motifs is 1. The molecule has 6 nitrogen and oxygen atoms in total. The van der Waals surface area contributed by atoms with Gasteiger partial charge in [-0.05, 0) is 43.7 Å². The van der Waals surface area contributed by atoms with Crippen LogP contribution in [-0.2, 0) is 4.79 Å². The van der Waals surface area contributed by atoms with E-state index in [1.165, 1.54) is 11.3 Å². The molecule has 2 aromatic carbocycles. The van der Waals surface area contributed by atoms with Crippen LogP contribution in [0.2, 0.25) is 0 Å². The van der Waals surface area contributed by atoms with Crippen LogP contribution in [0.1, 0.15) is 26.7 Å². The van der Waals surface area contributed by atoms with Crippen LogP contribution in [0.3, 0.4) is 0 Å². The summed E-state index contributed by atoms with van der Waals surface area (Å²) < 4.78 is 17.6. The molecule has 1 heterocycles. The number of nitrogens with zero attached hydrogens (tertiary/aromatic N) is 1. The van der Waals surface area contributed by atoms with Crippen molar-refractivity contribution in [3.8, 4) is 17.2 Å². The van der Waals surface area contributed by atoms with Crippen LogP contribution in [0.5, 0.6) is 17.2 Å². The number of rotatable bonds is 9. The number of hydrogen-bond donors (Lipinski definition) is 1. The first-order chi connectivity index (χ1) is 13.6. The van der Waals surface area contributed by atoms with Gasteiger partial charge in [-0.1, -0.05) is 30.7 Å². The van der Waals surface area contributed by atoms with Gasteiger partial charge < -0.3 is 14.2 Å². The molecule has 28 heavy (non-hydrogen) atoms. The van der Waals surface area contributed by atoms with Gasteiger partial charge in [0.25, 0.3) is 5.91 Å². The van der Waals surface area contributed by atoms with Gasteiger partial charge in [-0.25, -0.2) is 4.98 Å². The lowest BCUT2D eigenvalue weighted by atomic mass is 10.3. The second-order valence-corrected chi connectivity index (χ2v) is 7.31. The molecule has 1 amide bonds. The third-order valence-corrected chi connectivity index (χ3v) is 5.01. The van der Waals surface area contributed by atoms with Crippen LogP contribution >= 0.6 is 11.3 Å². The van der Waals surface area contributed by atoms with Crippen LogP contribution in [0.15, 0.2) is 42.5 Å². The van der Waals surface area contributed by atoms with Gasteiger partial charge in [0.1, 0.15) is 17.2 Å². The molecular formula is C21H24N2O4S. The highest BCUT2D eigenvalue weighted by atomic mass is 32.1. The molecule has 1 atom stereocenters. The minimum Gasteiger partial charge on any atom is -0.497 e. The number of anilines is 1. The van der Waals surface area contributed by atoms with E-state index >= 15 is 0 Å². The average Bonchev–Trinajstić information content (AvgIpc) is 3.09. The number of benzene rings is 2. The van der Waals surface area contributed by atoms with E-state index in [9.17, 15) is 4.79 Å². The molecule has 0 bridgehead atoms. The van der Waals surface area contributed by atoms with Crippen LogP contribution in [0, 0.1) is 0 Å². The van der Waals surface area contributed by atoms with E-state index < -0.39 is 6.10 Å². The molecule has 0 aliphatic rings. The lowest BCUT2D eigenvalue weighted by Crippen LogP contribution is -2.30. The van der Waals surface area contributed by atoms with Crippen molar-refractivity contribution in [3.63, 3.8) is 0 Å². The lowest BCUT2D eigenvalue weighted by Gasteiger charge is -2.14. The molecule has 1 aromatic heterocycles. The first kappa shape index (κ1) is 19.9. The van der Waals surface area contributed by atoms with Crippen molar-refractivity contribution < 1.29 is 19.0 Å². The minimum atomic E-state index is -0.674. The van der Waals surface area contributed by atoms with Crippen LogP contribution < -0.4 is 19.5 Å². The number of carbonyl (C=O) groups excluding carboxylic acids is 1. The summed E-state index contributed by atoms with van der Waals surface area (Å²) in [6, 6.07) is 12.9. The van der Waals surface area contributed by atoms with Crippen molar-refractivity contribution in [2.75, 3.05) is 19.0 Å². The summed E-state index contributed by atoms with van der Waals surface area (Å²) in [6.45, 7) is 4.52. The number of hydrogen-bond acceptors (Lipinski definition) is 6. The Morgan fingerprint density at radius 3 is 2.79 bits per heavy atom. The maximum absolute atomic E-state index is 12.5. The second kappa shape index (κ2) is 9.41. The fourth-order valence-electron chi connectivity index (χ4n) is 2.52. The Kier molecular flexibility index (Phi) is 6.71. The third kappa shape index (κ3) is 5.13. The number of ether oxygens (including phenoxy) is 3. The number of aromatic nitrogens is 1. The van der Waals surface area contributed by atoms with Crippen LogP contribution in [-0.4, -0.2) is 30.7 Å². The smallest absolute Gasteiger partial charge is 0.266 e.